The molecule has 1 saturated heterocycles. The molecule has 1 aliphatic rings. The van der Waals surface area contributed by atoms with Crippen molar-refractivity contribution in [3.05, 3.63) is 29.3 Å². The molecular formula is C14H19F3N2O2S. The molecule has 2 rings (SSSR count). The van der Waals surface area contributed by atoms with E-state index in [1.54, 1.807) is 7.05 Å². The van der Waals surface area contributed by atoms with Crippen LogP contribution in [0.15, 0.2) is 23.1 Å². The van der Waals surface area contributed by atoms with Crippen molar-refractivity contribution in [2.24, 2.45) is 0 Å². The number of benzene rings is 1. The molecule has 1 heterocycles. The molecule has 8 heteroatoms. The van der Waals surface area contributed by atoms with Crippen LogP contribution in [0, 0.1) is 6.92 Å². The smallest absolute Gasteiger partial charge is 0.316 e. The predicted octanol–water partition coefficient (Wildman–Crippen LogP) is 2.39. The lowest BCUT2D eigenvalue weighted by atomic mass is 10.1. The van der Waals surface area contributed by atoms with Crippen LogP contribution >= 0.6 is 0 Å². The lowest BCUT2D eigenvalue weighted by Gasteiger charge is -2.32. The highest BCUT2D eigenvalue weighted by Crippen LogP contribution is 2.32. The topological polar surface area (TPSA) is 49.4 Å². The average molecular weight is 336 g/mol. The van der Waals surface area contributed by atoms with E-state index < -0.39 is 21.8 Å². The first kappa shape index (κ1) is 17.2. The lowest BCUT2D eigenvalue weighted by Crippen LogP contribution is -2.46. The molecule has 0 spiro atoms. The van der Waals surface area contributed by atoms with E-state index >= 15 is 0 Å². The Labute approximate surface area is 128 Å². The number of alkyl halides is 3. The maximum Gasteiger partial charge on any atom is 0.416 e. The van der Waals surface area contributed by atoms with Crippen molar-refractivity contribution in [2.75, 3.05) is 20.1 Å². The molecule has 0 amide bonds. The first-order chi connectivity index (χ1) is 10.2. The molecule has 4 nitrogen and oxygen atoms in total. The summed E-state index contributed by atoms with van der Waals surface area (Å²) >= 11 is 0. The van der Waals surface area contributed by atoms with Gasteiger partial charge in [0.05, 0.1) is 10.5 Å². The van der Waals surface area contributed by atoms with E-state index in [4.69, 9.17) is 0 Å². The van der Waals surface area contributed by atoms with Crippen LogP contribution in [0.4, 0.5) is 13.2 Å². The minimum atomic E-state index is -4.48. The number of hydrogen-bond acceptors (Lipinski definition) is 3. The Kier molecular flexibility index (Phi) is 4.84. The van der Waals surface area contributed by atoms with E-state index in [-0.39, 0.29) is 16.5 Å². The van der Waals surface area contributed by atoms with Crippen molar-refractivity contribution < 1.29 is 21.6 Å². The van der Waals surface area contributed by atoms with Gasteiger partial charge in [-0.3, -0.25) is 0 Å². The molecule has 0 bridgehead atoms. The third kappa shape index (κ3) is 3.44. The largest absolute Gasteiger partial charge is 0.416 e. The summed E-state index contributed by atoms with van der Waals surface area (Å²) < 4.78 is 64.7. The fourth-order valence-corrected chi connectivity index (χ4v) is 4.38. The highest BCUT2D eigenvalue weighted by Gasteiger charge is 2.34. The van der Waals surface area contributed by atoms with E-state index in [9.17, 15) is 21.6 Å². The minimum absolute atomic E-state index is 0.0581. The van der Waals surface area contributed by atoms with Crippen molar-refractivity contribution in [1.82, 2.24) is 9.62 Å². The van der Waals surface area contributed by atoms with Crippen LogP contribution in [-0.4, -0.2) is 38.9 Å². The number of hydrogen-bond donors (Lipinski definition) is 1. The average Bonchev–Trinajstić information content (AvgIpc) is 2.46. The van der Waals surface area contributed by atoms with Crippen LogP contribution in [0.3, 0.4) is 0 Å². The first-order valence-corrected chi connectivity index (χ1v) is 8.45. The summed E-state index contributed by atoms with van der Waals surface area (Å²) in [7, 11) is -2.00. The fourth-order valence-electron chi connectivity index (χ4n) is 2.65. The van der Waals surface area contributed by atoms with Crippen LogP contribution in [0.1, 0.15) is 24.0 Å². The molecule has 0 radical (unpaired) electrons. The molecule has 1 fully saturated rings. The molecule has 1 aromatic rings. The van der Waals surface area contributed by atoms with Gasteiger partial charge in [-0.05, 0) is 50.6 Å². The van der Waals surface area contributed by atoms with Gasteiger partial charge in [0.1, 0.15) is 0 Å². The maximum atomic E-state index is 12.7. The van der Waals surface area contributed by atoms with Gasteiger partial charge in [-0.25, -0.2) is 8.42 Å². The zero-order valence-corrected chi connectivity index (χ0v) is 13.3. The second-order valence-electron chi connectivity index (χ2n) is 5.47. The van der Waals surface area contributed by atoms with Crippen LogP contribution in [-0.2, 0) is 16.2 Å². The second-order valence-corrected chi connectivity index (χ2v) is 7.38. The summed E-state index contributed by atoms with van der Waals surface area (Å²) in [4.78, 5) is -0.0581. The van der Waals surface area contributed by atoms with E-state index in [1.165, 1.54) is 11.2 Å². The number of likely N-dealkylation sites (N-methyl/N-ethyl adjacent to an activating group) is 1. The molecule has 1 aliphatic heterocycles. The van der Waals surface area contributed by atoms with Crippen molar-refractivity contribution in [3.63, 3.8) is 0 Å². The molecule has 1 N–H and O–H groups in total. The summed E-state index contributed by atoms with van der Waals surface area (Å²) in [6.45, 7) is 2.11. The third-order valence-electron chi connectivity index (χ3n) is 3.91. The molecule has 1 aromatic carbocycles. The first-order valence-electron chi connectivity index (χ1n) is 7.01. The van der Waals surface area contributed by atoms with E-state index in [1.807, 2.05) is 0 Å². The molecule has 0 aliphatic carbocycles. The van der Waals surface area contributed by atoms with Crippen LogP contribution in [0.2, 0.25) is 0 Å². The second kappa shape index (κ2) is 6.17. The fraction of sp³-hybridized carbons (Fsp3) is 0.571. The normalized spacial score (nSPS) is 21.0. The summed E-state index contributed by atoms with van der Waals surface area (Å²) in [5.41, 5.74) is -0.725. The van der Waals surface area contributed by atoms with Gasteiger partial charge in [-0.15, -0.1) is 0 Å². The third-order valence-corrected chi connectivity index (χ3v) is 5.94. The van der Waals surface area contributed by atoms with Crippen molar-refractivity contribution in [3.8, 4) is 0 Å². The number of piperidine rings is 1. The van der Waals surface area contributed by atoms with Gasteiger partial charge in [0.25, 0.3) is 0 Å². The summed E-state index contributed by atoms with van der Waals surface area (Å²) in [6.07, 6.45) is -2.87. The molecule has 1 atom stereocenters. The lowest BCUT2D eigenvalue weighted by molar-refractivity contribution is -0.137. The van der Waals surface area contributed by atoms with Crippen LogP contribution < -0.4 is 5.32 Å². The number of nitrogens with zero attached hydrogens (tertiary/aromatic N) is 1. The van der Waals surface area contributed by atoms with Crippen molar-refractivity contribution in [2.45, 2.75) is 36.9 Å². The number of sulfonamides is 1. The molecule has 124 valence electrons. The van der Waals surface area contributed by atoms with Gasteiger partial charge >= 0.3 is 6.18 Å². The van der Waals surface area contributed by atoms with E-state index in [2.05, 4.69) is 5.32 Å². The Morgan fingerprint density at radius 1 is 1.32 bits per heavy atom. The highest BCUT2D eigenvalue weighted by atomic mass is 32.2. The minimum Gasteiger partial charge on any atom is -0.316 e. The SMILES string of the molecule is CNC1CCCN(S(=O)(=O)c2ccc(C(F)(F)F)cc2C)C1. The Morgan fingerprint density at radius 2 is 2.00 bits per heavy atom. The standard InChI is InChI=1S/C14H19F3N2O2S/c1-10-8-11(14(15,16)17)5-6-13(10)22(20,21)19-7-3-4-12(9-19)18-2/h5-6,8,12,18H,3-4,7,9H2,1-2H3. The Bertz CT molecular complexity index is 644. The van der Waals surface area contributed by atoms with E-state index in [0.717, 1.165) is 31.0 Å². The summed E-state index contributed by atoms with van der Waals surface area (Å²) in [5, 5.41) is 3.05. The highest BCUT2D eigenvalue weighted by molar-refractivity contribution is 7.89. The number of aryl methyl sites for hydroxylation is 1. The Morgan fingerprint density at radius 3 is 2.55 bits per heavy atom. The van der Waals surface area contributed by atoms with Gasteiger partial charge < -0.3 is 5.32 Å². The summed E-state index contributed by atoms with van der Waals surface area (Å²) in [6, 6.07) is 2.82. The van der Waals surface area contributed by atoms with Gasteiger partial charge in [0.2, 0.25) is 10.0 Å². The van der Waals surface area contributed by atoms with Gasteiger partial charge in [0, 0.05) is 19.1 Å². The monoisotopic (exact) mass is 336 g/mol. The number of nitrogens with one attached hydrogen (secondary N) is 1. The van der Waals surface area contributed by atoms with E-state index in [0.29, 0.717) is 13.1 Å². The van der Waals surface area contributed by atoms with Crippen LogP contribution in [0.5, 0.6) is 0 Å². The van der Waals surface area contributed by atoms with Crippen molar-refractivity contribution in [1.29, 1.82) is 0 Å². The molecule has 22 heavy (non-hydrogen) atoms. The molecule has 0 aromatic heterocycles. The van der Waals surface area contributed by atoms with Crippen molar-refractivity contribution >= 4 is 10.0 Å². The summed E-state index contributed by atoms with van der Waals surface area (Å²) in [5.74, 6) is 0. The number of rotatable bonds is 3. The van der Waals surface area contributed by atoms with Gasteiger partial charge in [-0.1, -0.05) is 0 Å². The molecular weight excluding hydrogens is 317 g/mol. The predicted molar refractivity (Wildman–Crippen MR) is 77.0 cm³/mol. The zero-order valence-electron chi connectivity index (χ0n) is 12.4. The Balaban J connectivity index is 2.34. The zero-order chi connectivity index (χ0) is 16.5. The quantitative estimate of drug-likeness (QED) is 0.922. The van der Waals surface area contributed by atoms with Gasteiger partial charge in [-0.2, -0.15) is 17.5 Å². The maximum absolute atomic E-state index is 12.7. The molecule has 0 saturated carbocycles. The Hall–Kier alpha value is -1.12. The van der Waals surface area contributed by atoms with Gasteiger partial charge in [0.15, 0.2) is 0 Å². The molecule has 1 unspecified atom stereocenters. The van der Waals surface area contributed by atoms with Crippen LogP contribution in [0.25, 0.3) is 0 Å². The number of halogens is 3.